The van der Waals surface area contributed by atoms with Crippen molar-refractivity contribution in [1.82, 2.24) is 15.2 Å². The van der Waals surface area contributed by atoms with Gasteiger partial charge < -0.3 is 24.9 Å². The highest BCUT2D eigenvalue weighted by Gasteiger charge is 2.55. The molecule has 3 aliphatic heterocycles. The molecule has 9 aromatic rings. The predicted molar refractivity (Wildman–Crippen MR) is 318 cm³/mol. The topological polar surface area (TPSA) is 149 Å². The number of ether oxygens (including phenoxy) is 2. The first-order valence-corrected chi connectivity index (χ1v) is 28.7. The highest BCUT2D eigenvalue weighted by Crippen LogP contribution is 2.45. The molecule has 404 valence electrons. The molecule has 1 fully saturated rings. The van der Waals surface area contributed by atoms with E-state index in [0.29, 0.717) is 10.7 Å². The summed E-state index contributed by atoms with van der Waals surface area (Å²) >= 11 is 2.67. The second-order valence-electron chi connectivity index (χ2n) is 19.8. The van der Waals surface area contributed by atoms with Crippen LogP contribution in [-0.2, 0) is 44.6 Å². The number of carbonyl (C=O) groups excluding carboxylic acids is 4. The van der Waals surface area contributed by atoms with Crippen LogP contribution in [0.15, 0.2) is 277 Å². The maximum atomic E-state index is 15.5. The summed E-state index contributed by atoms with van der Waals surface area (Å²) in [7, 11) is 0. The largest absolute Gasteiger partial charge is 0.455 e. The van der Waals surface area contributed by atoms with Crippen LogP contribution >= 0.6 is 23.1 Å². The van der Waals surface area contributed by atoms with E-state index in [1.165, 1.54) is 34.1 Å². The molecule has 4 heterocycles. The number of thioether (sulfide) groups is 1. The van der Waals surface area contributed by atoms with Gasteiger partial charge in [-0.2, -0.15) is 0 Å². The molecule has 0 aliphatic carbocycles. The first kappa shape index (κ1) is 53.0. The maximum absolute atomic E-state index is 15.5. The van der Waals surface area contributed by atoms with Crippen molar-refractivity contribution in [2.45, 2.75) is 41.2 Å². The summed E-state index contributed by atoms with van der Waals surface area (Å²) in [4.78, 5) is 71.2. The fourth-order valence-electron chi connectivity index (χ4n) is 10.9. The summed E-state index contributed by atoms with van der Waals surface area (Å²) in [6.07, 6.45) is 1.66. The molecule has 8 aromatic carbocycles. The summed E-state index contributed by atoms with van der Waals surface area (Å²) < 4.78 is 12.0. The molecular formula is C68H53N5O7S2. The van der Waals surface area contributed by atoms with Crippen LogP contribution < -0.4 is 10.6 Å². The van der Waals surface area contributed by atoms with Crippen LogP contribution in [0.2, 0.25) is 0 Å². The molecule has 12 rings (SSSR count). The number of cyclic esters (lactones) is 1. The number of rotatable bonds is 19. The minimum absolute atomic E-state index is 0.0389. The Morgan fingerprint density at radius 2 is 1.09 bits per heavy atom. The summed E-state index contributed by atoms with van der Waals surface area (Å²) in [5.41, 5.74) is 4.76. The molecule has 1 saturated heterocycles. The van der Waals surface area contributed by atoms with Crippen molar-refractivity contribution in [2.24, 2.45) is 5.16 Å². The van der Waals surface area contributed by atoms with Gasteiger partial charge in [-0.15, -0.1) is 23.1 Å². The van der Waals surface area contributed by atoms with Crippen LogP contribution in [-0.4, -0.2) is 62.6 Å². The Morgan fingerprint density at radius 3 is 1.54 bits per heavy atom. The molecule has 82 heavy (non-hydrogen) atoms. The lowest BCUT2D eigenvalue weighted by Crippen LogP contribution is -2.71. The number of aromatic nitrogens is 1. The number of anilines is 1. The summed E-state index contributed by atoms with van der Waals surface area (Å²) in [6, 6.07) is 77.1. The average molecular weight is 1120 g/mol. The molecule has 0 saturated carbocycles. The van der Waals surface area contributed by atoms with Crippen LogP contribution in [0.4, 0.5) is 5.13 Å². The van der Waals surface area contributed by atoms with Crippen molar-refractivity contribution in [3.63, 3.8) is 0 Å². The Morgan fingerprint density at radius 1 is 0.634 bits per heavy atom. The van der Waals surface area contributed by atoms with Crippen molar-refractivity contribution in [2.75, 3.05) is 11.1 Å². The molecule has 3 aliphatic rings. The van der Waals surface area contributed by atoms with Gasteiger partial charge in [0.15, 0.2) is 16.9 Å². The third-order valence-electron chi connectivity index (χ3n) is 14.8. The molecular weight excluding hydrogens is 1060 g/mol. The van der Waals surface area contributed by atoms with E-state index >= 15 is 4.79 Å². The second kappa shape index (κ2) is 23.6. The number of thiazole rings is 1. The van der Waals surface area contributed by atoms with Crippen LogP contribution in [0, 0.1) is 0 Å². The molecule has 2 amide bonds. The van der Waals surface area contributed by atoms with E-state index in [0.717, 1.165) is 44.5 Å². The summed E-state index contributed by atoms with van der Waals surface area (Å²) in [6.45, 7) is 0. The monoisotopic (exact) mass is 1120 g/mol. The third kappa shape index (κ3) is 10.4. The molecule has 12 nitrogen and oxygen atoms in total. The Bertz CT molecular complexity index is 3580. The molecule has 1 unspecified atom stereocenters. The number of β-lactam (4-membered cyclic amide) rings is 1. The third-order valence-corrected chi connectivity index (χ3v) is 16.9. The van der Waals surface area contributed by atoms with E-state index in [4.69, 9.17) is 24.5 Å². The number of esters is 2. The van der Waals surface area contributed by atoms with Gasteiger partial charge in [0.05, 0.1) is 0 Å². The number of amides is 2. The molecule has 14 heteroatoms. The lowest BCUT2D eigenvalue weighted by molar-refractivity contribution is -0.154. The number of nitrogens with zero attached hydrogens (tertiary/aromatic N) is 3. The molecule has 3 atom stereocenters. The predicted octanol–water partition coefficient (Wildman–Crippen LogP) is 12.1. The number of fused-ring (bicyclic) bond motifs is 1. The van der Waals surface area contributed by atoms with Crippen LogP contribution in [0.5, 0.6) is 0 Å². The number of hydrogen-bond acceptors (Lipinski definition) is 12. The first-order chi connectivity index (χ1) is 40.3. The fraction of sp³-hybridized carbons (Fsp3) is 0.118. The number of carbonyl (C=O) groups is 4. The van der Waals surface area contributed by atoms with E-state index in [-0.39, 0.29) is 29.3 Å². The van der Waals surface area contributed by atoms with E-state index < -0.39 is 58.5 Å². The molecule has 2 N–H and O–H groups in total. The van der Waals surface area contributed by atoms with Crippen LogP contribution in [0.25, 0.3) is 0 Å². The number of hydrogen-bond donors (Lipinski definition) is 2. The van der Waals surface area contributed by atoms with E-state index in [1.807, 2.05) is 206 Å². The van der Waals surface area contributed by atoms with Crippen LogP contribution in [0.3, 0.4) is 0 Å². The summed E-state index contributed by atoms with van der Waals surface area (Å²) in [5.74, 6) is -2.25. The Labute approximate surface area is 482 Å². The first-order valence-electron chi connectivity index (χ1n) is 26.8. The van der Waals surface area contributed by atoms with Gasteiger partial charge in [-0.3, -0.25) is 14.5 Å². The van der Waals surface area contributed by atoms with E-state index in [1.54, 1.807) is 11.5 Å². The number of nitrogens with one attached hydrogen (secondary N) is 2. The summed E-state index contributed by atoms with van der Waals surface area (Å²) in [5, 5.41) is 13.2. The van der Waals surface area contributed by atoms with Crippen molar-refractivity contribution >= 4 is 57.7 Å². The minimum atomic E-state index is -1.39. The lowest BCUT2D eigenvalue weighted by atomic mass is 9.77. The normalized spacial score (nSPS) is 16.9. The fourth-order valence-corrected chi connectivity index (χ4v) is 13.0. The highest BCUT2D eigenvalue weighted by atomic mass is 32.2. The zero-order chi connectivity index (χ0) is 55.9. The van der Waals surface area contributed by atoms with Gasteiger partial charge in [0, 0.05) is 40.3 Å². The van der Waals surface area contributed by atoms with Crippen molar-refractivity contribution in [3.8, 4) is 0 Å². The number of benzene rings is 8. The minimum Gasteiger partial charge on any atom is -0.455 e. The maximum Gasteiger partial charge on any atom is 0.356 e. The molecule has 0 radical (unpaired) electrons. The van der Waals surface area contributed by atoms with E-state index in [9.17, 15) is 14.4 Å². The van der Waals surface area contributed by atoms with Gasteiger partial charge in [-0.1, -0.05) is 248 Å². The Balaban J connectivity index is 0.934. The van der Waals surface area contributed by atoms with Crippen molar-refractivity contribution in [1.29, 1.82) is 0 Å². The van der Waals surface area contributed by atoms with Crippen LogP contribution in [0.1, 0.15) is 62.7 Å². The Kier molecular flexibility index (Phi) is 15.3. The van der Waals surface area contributed by atoms with Gasteiger partial charge in [0.25, 0.3) is 11.8 Å². The van der Waals surface area contributed by atoms with Gasteiger partial charge in [0.2, 0.25) is 5.60 Å². The van der Waals surface area contributed by atoms with Crippen molar-refractivity contribution in [3.05, 3.63) is 322 Å². The van der Waals surface area contributed by atoms with Gasteiger partial charge in [0.1, 0.15) is 34.4 Å². The molecule has 0 bridgehead atoms. The van der Waals surface area contributed by atoms with E-state index in [2.05, 4.69) is 47.0 Å². The average Bonchev–Trinajstić information content (AvgIpc) is 4.36. The van der Waals surface area contributed by atoms with Crippen molar-refractivity contribution < 1.29 is 33.5 Å². The SMILES string of the molecule is O=C1C=CC(CC2=C(C(=O)OC(c3ccccc3)c3ccccc3)N3C(=O)[C@@H](NC(=O)/C(=N\OC(c4ccccc4)(c4ccccc4)c4ccccc4)c4csc(NC(c5ccccc5)(c5ccccc5)c5ccccc5)n4)[C@@H]3SC2)O1. The zero-order valence-corrected chi connectivity index (χ0v) is 45.7. The smallest absolute Gasteiger partial charge is 0.356 e. The van der Waals surface area contributed by atoms with Gasteiger partial charge >= 0.3 is 11.9 Å². The molecule has 1 aromatic heterocycles. The highest BCUT2D eigenvalue weighted by molar-refractivity contribution is 8.00. The standard InChI is InChI=1S/C68H53N5O7S2/c74-57-42-41-55(78-57)43-48-44-81-64-59(63(76)73(64)60(48)65(77)79-61(46-25-9-1-10-26-46)47-27-11-2-12-28-47)70-62(75)58(72-80-68(52-35-19-6-20-36-52,53-37-21-7-22-38-53)54-39-23-8-24-40-54)56-45-82-66(69-56)71-67(49-29-13-3-14-30-49,50-31-15-4-16-32-50)51-33-17-5-18-34-51/h1-42,45,55,59,61,64H,43-44H2,(H,69,71)(H,70,75)/b72-58-/t55?,59-,64+/m1/s1. The van der Waals surface area contributed by atoms with Gasteiger partial charge in [-0.05, 0) is 39.5 Å². The lowest BCUT2D eigenvalue weighted by Gasteiger charge is -2.50. The van der Waals surface area contributed by atoms with Gasteiger partial charge in [-0.25, -0.2) is 14.6 Å². The number of oxime groups is 1. The molecule has 0 spiro atoms. The second-order valence-corrected chi connectivity index (χ2v) is 21.7. The Hall–Kier alpha value is -9.63. The zero-order valence-electron chi connectivity index (χ0n) is 44.1. The quantitative estimate of drug-likeness (QED) is 0.0263.